The Morgan fingerprint density at radius 2 is 1.37 bits per heavy atom. The van der Waals surface area contributed by atoms with Gasteiger partial charge < -0.3 is 19.2 Å². The fourth-order valence-corrected chi connectivity index (χ4v) is 3.09. The van der Waals surface area contributed by atoms with Crippen molar-refractivity contribution >= 4 is 5.91 Å². The molecule has 1 heterocycles. The second kappa shape index (κ2) is 8.45. The SMILES string of the molecule is COc1ccc(-c2cc(=O)oc(C(=O)NC(C)(C)C)c2-c2ccc(OC)cc2)cc1. The summed E-state index contributed by atoms with van der Waals surface area (Å²) in [5.41, 5.74) is 1.52. The molecule has 0 spiro atoms. The minimum absolute atomic E-state index is 0.0339. The van der Waals surface area contributed by atoms with Gasteiger partial charge in [0.2, 0.25) is 5.76 Å². The molecule has 6 heteroatoms. The van der Waals surface area contributed by atoms with Crippen LogP contribution in [0.2, 0.25) is 0 Å². The predicted octanol–water partition coefficient (Wildman–Crippen LogP) is 4.52. The molecule has 156 valence electrons. The van der Waals surface area contributed by atoms with E-state index in [1.807, 2.05) is 45.0 Å². The van der Waals surface area contributed by atoms with Gasteiger partial charge in [-0.15, -0.1) is 0 Å². The van der Waals surface area contributed by atoms with Crippen molar-refractivity contribution in [1.29, 1.82) is 0 Å². The van der Waals surface area contributed by atoms with Crippen LogP contribution in [0, 0.1) is 0 Å². The molecule has 6 nitrogen and oxygen atoms in total. The van der Waals surface area contributed by atoms with Gasteiger partial charge in [0.1, 0.15) is 11.5 Å². The second-order valence-corrected chi connectivity index (χ2v) is 7.84. The molecule has 2 aromatic carbocycles. The maximum Gasteiger partial charge on any atom is 0.337 e. The average Bonchev–Trinajstić information content (AvgIpc) is 2.72. The first-order valence-corrected chi connectivity index (χ1v) is 9.51. The lowest BCUT2D eigenvalue weighted by atomic mass is 9.93. The lowest BCUT2D eigenvalue weighted by Crippen LogP contribution is -2.41. The highest BCUT2D eigenvalue weighted by molar-refractivity contribution is 6.02. The largest absolute Gasteiger partial charge is 0.497 e. The lowest BCUT2D eigenvalue weighted by molar-refractivity contribution is 0.0887. The van der Waals surface area contributed by atoms with E-state index in [-0.39, 0.29) is 5.76 Å². The van der Waals surface area contributed by atoms with E-state index in [9.17, 15) is 9.59 Å². The van der Waals surface area contributed by atoms with Crippen molar-refractivity contribution in [3.05, 3.63) is 70.8 Å². The van der Waals surface area contributed by atoms with Gasteiger partial charge in [0.05, 0.1) is 14.2 Å². The van der Waals surface area contributed by atoms with Gasteiger partial charge in [0.25, 0.3) is 5.91 Å². The summed E-state index contributed by atoms with van der Waals surface area (Å²) in [6, 6.07) is 15.9. The van der Waals surface area contributed by atoms with E-state index < -0.39 is 17.1 Å². The molecule has 0 aliphatic rings. The van der Waals surface area contributed by atoms with Gasteiger partial charge in [0.15, 0.2) is 0 Å². The van der Waals surface area contributed by atoms with E-state index in [2.05, 4.69) is 5.32 Å². The Bertz CT molecular complexity index is 1090. The van der Waals surface area contributed by atoms with E-state index >= 15 is 0 Å². The molecule has 3 aromatic rings. The van der Waals surface area contributed by atoms with Crippen molar-refractivity contribution in [2.24, 2.45) is 0 Å². The quantitative estimate of drug-likeness (QED) is 0.673. The normalized spacial score (nSPS) is 11.1. The van der Waals surface area contributed by atoms with Gasteiger partial charge in [-0.05, 0) is 56.2 Å². The molecule has 0 bridgehead atoms. The number of nitrogens with one attached hydrogen (secondary N) is 1. The van der Waals surface area contributed by atoms with Gasteiger partial charge >= 0.3 is 5.63 Å². The molecular formula is C24H25NO5. The number of rotatable bonds is 5. The van der Waals surface area contributed by atoms with Crippen molar-refractivity contribution in [3.63, 3.8) is 0 Å². The summed E-state index contributed by atoms with van der Waals surface area (Å²) >= 11 is 0. The number of carbonyl (C=O) groups is 1. The minimum atomic E-state index is -0.600. The van der Waals surface area contributed by atoms with Gasteiger partial charge in [-0.2, -0.15) is 0 Å². The van der Waals surface area contributed by atoms with Crippen LogP contribution in [-0.4, -0.2) is 25.7 Å². The molecule has 30 heavy (non-hydrogen) atoms. The van der Waals surface area contributed by atoms with Crippen molar-refractivity contribution in [3.8, 4) is 33.8 Å². The van der Waals surface area contributed by atoms with Crippen LogP contribution in [0.3, 0.4) is 0 Å². The van der Waals surface area contributed by atoms with Crippen LogP contribution in [0.5, 0.6) is 11.5 Å². The smallest absolute Gasteiger partial charge is 0.337 e. The van der Waals surface area contributed by atoms with E-state index in [1.165, 1.54) is 6.07 Å². The third-order valence-corrected chi connectivity index (χ3v) is 4.44. The maximum absolute atomic E-state index is 13.0. The molecule has 0 atom stereocenters. The molecule has 0 saturated heterocycles. The van der Waals surface area contributed by atoms with Crippen LogP contribution < -0.4 is 20.4 Å². The van der Waals surface area contributed by atoms with Crippen molar-refractivity contribution in [2.75, 3.05) is 14.2 Å². The zero-order valence-corrected chi connectivity index (χ0v) is 17.7. The molecule has 1 N–H and O–H groups in total. The van der Waals surface area contributed by atoms with Crippen LogP contribution in [0.25, 0.3) is 22.3 Å². The first-order valence-electron chi connectivity index (χ1n) is 9.51. The standard InChI is InChI=1S/C24H25NO5/c1-24(2,3)25-23(27)22-21(16-8-12-18(29-5)13-9-16)19(14-20(26)30-22)15-6-10-17(28-4)11-7-15/h6-14H,1-5H3,(H,25,27). The molecule has 0 unspecified atom stereocenters. The van der Waals surface area contributed by atoms with Gasteiger partial charge in [0, 0.05) is 22.7 Å². The van der Waals surface area contributed by atoms with Crippen LogP contribution >= 0.6 is 0 Å². The van der Waals surface area contributed by atoms with Gasteiger partial charge in [-0.25, -0.2) is 4.79 Å². The summed E-state index contributed by atoms with van der Waals surface area (Å²) in [6.45, 7) is 5.59. The summed E-state index contributed by atoms with van der Waals surface area (Å²) < 4.78 is 15.9. The highest BCUT2D eigenvalue weighted by Gasteiger charge is 2.25. The van der Waals surface area contributed by atoms with Crippen molar-refractivity contribution in [1.82, 2.24) is 5.32 Å². The third-order valence-electron chi connectivity index (χ3n) is 4.44. The molecule has 0 aliphatic heterocycles. The summed E-state index contributed by atoms with van der Waals surface area (Å²) in [5.74, 6) is 0.885. The lowest BCUT2D eigenvalue weighted by Gasteiger charge is -2.21. The summed E-state index contributed by atoms with van der Waals surface area (Å²) in [7, 11) is 3.17. The Morgan fingerprint density at radius 3 is 1.83 bits per heavy atom. The van der Waals surface area contributed by atoms with E-state index in [4.69, 9.17) is 13.9 Å². The third kappa shape index (κ3) is 4.71. The first kappa shape index (κ1) is 21.2. The average molecular weight is 407 g/mol. The Kier molecular flexibility index (Phi) is 5.96. The molecule has 0 saturated carbocycles. The zero-order chi connectivity index (χ0) is 21.9. The Hall–Kier alpha value is -3.54. The highest BCUT2D eigenvalue weighted by Crippen LogP contribution is 2.35. The van der Waals surface area contributed by atoms with Crippen molar-refractivity contribution < 1.29 is 18.7 Å². The Balaban J connectivity index is 2.26. The number of hydrogen-bond donors (Lipinski definition) is 1. The number of hydrogen-bond acceptors (Lipinski definition) is 5. The Morgan fingerprint density at radius 1 is 0.867 bits per heavy atom. The monoisotopic (exact) mass is 407 g/mol. The first-order chi connectivity index (χ1) is 14.2. The fourth-order valence-electron chi connectivity index (χ4n) is 3.09. The molecule has 1 amide bonds. The van der Waals surface area contributed by atoms with Crippen LogP contribution in [-0.2, 0) is 0 Å². The molecule has 0 aliphatic carbocycles. The van der Waals surface area contributed by atoms with Crippen LogP contribution in [0.4, 0.5) is 0 Å². The summed E-state index contributed by atoms with van der Waals surface area (Å²) in [6.07, 6.45) is 0. The van der Waals surface area contributed by atoms with Crippen LogP contribution in [0.15, 0.2) is 63.8 Å². The van der Waals surface area contributed by atoms with Crippen LogP contribution in [0.1, 0.15) is 31.3 Å². The molecule has 1 aromatic heterocycles. The second-order valence-electron chi connectivity index (χ2n) is 7.84. The Labute approximate surface area is 175 Å². The zero-order valence-electron chi connectivity index (χ0n) is 17.7. The minimum Gasteiger partial charge on any atom is -0.497 e. The number of amides is 1. The molecule has 0 radical (unpaired) electrons. The van der Waals surface area contributed by atoms with E-state index in [0.717, 1.165) is 11.1 Å². The maximum atomic E-state index is 13.0. The highest BCUT2D eigenvalue weighted by atomic mass is 16.5. The fraction of sp³-hybridized carbons (Fsp3) is 0.250. The number of carbonyl (C=O) groups excluding carboxylic acids is 1. The summed E-state index contributed by atoms with van der Waals surface area (Å²) in [5, 5.41) is 2.88. The number of methoxy groups -OCH3 is 2. The van der Waals surface area contributed by atoms with Gasteiger partial charge in [-0.1, -0.05) is 24.3 Å². The van der Waals surface area contributed by atoms with Gasteiger partial charge in [-0.3, -0.25) is 4.79 Å². The number of ether oxygens (including phenoxy) is 2. The molecule has 0 fully saturated rings. The molecular weight excluding hydrogens is 382 g/mol. The van der Waals surface area contributed by atoms with Crippen molar-refractivity contribution in [2.45, 2.75) is 26.3 Å². The predicted molar refractivity (Wildman–Crippen MR) is 116 cm³/mol. The van der Waals surface area contributed by atoms with E-state index in [1.54, 1.807) is 38.5 Å². The topological polar surface area (TPSA) is 77.8 Å². The summed E-state index contributed by atoms with van der Waals surface area (Å²) in [4.78, 5) is 25.4. The molecule has 3 rings (SSSR count). The van der Waals surface area contributed by atoms with E-state index in [0.29, 0.717) is 22.6 Å². The number of benzene rings is 2.